The lowest BCUT2D eigenvalue weighted by Crippen LogP contribution is -2.37. The molecule has 0 radical (unpaired) electrons. The Morgan fingerprint density at radius 1 is 1.30 bits per heavy atom. The molecule has 1 aliphatic heterocycles. The molecule has 1 heterocycles. The van der Waals surface area contributed by atoms with E-state index in [-0.39, 0.29) is 49.4 Å². The molecule has 3 N–H and O–H groups in total. The molecule has 1 saturated heterocycles. The molecule has 1 aromatic rings. The fourth-order valence-electron chi connectivity index (χ4n) is 2.01. The van der Waals surface area contributed by atoms with E-state index in [2.05, 4.69) is 16.0 Å². The minimum absolute atomic E-state index is 0. The number of rotatable bonds is 6. The SMILES string of the molecule is CNC(C)CNC(=O)c1ccc(CN2C(=O)CNC2=O)cc1.Cl. The molecule has 1 aliphatic rings. The Kier molecular flexibility index (Phi) is 6.99. The fraction of sp³-hybridized carbons (Fsp3) is 0.400. The van der Waals surface area contributed by atoms with Gasteiger partial charge in [-0.2, -0.15) is 0 Å². The zero-order chi connectivity index (χ0) is 16.1. The van der Waals surface area contributed by atoms with Crippen LogP contribution in [0.1, 0.15) is 22.8 Å². The molecule has 1 unspecified atom stereocenters. The van der Waals surface area contributed by atoms with Crippen molar-refractivity contribution in [1.82, 2.24) is 20.9 Å². The predicted molar refractivity (Wildman–Crippen MR) is 88.5 cm³/mol. The Morgan fingerprint density at radius 3 is 2.48 bits per heavy atom. The quantitative estimate of drug-likeness (QED) is 0.658. The highest BCUT2D eigenvalue weighted by Gasteiger charge is 2.28. The van der Waals surface area contributed by atoms with Gasteiger partial charge in [-0.1, -0.05) is 12.1 Å². The minimum atomic E-state index is -0.382. The Bertz CT molecular complexity index is 561. The van der Waals surface area contributed by atoms with E-state index in [1.54, 1.807) is 24.3 Å². The third-order valence-electron chi connectivity index (χ3n) is 3.56. The van der Waals surface area contributed by atoms with E-state index >= 15 is 0 Å². The van der Waals surface area contributed by atoms with Crippen LogP contribution in [0.15, 0.2) is 24.3 Å². The van der Waals surface area contributed by atoms with Crippen LogP contribution in [0.5, 0.6) is 0 Å². The monoisotopic (exact) mass is 340 g/mol. The van der Waals surface area contributed by atoms with Crippen LogP contribution in [0, 0.1) is 0 Å². The lowest BCUT2D eigenvalue weighted by Gasteiger charge is -2.13. The van der Waals surface area contributed by atoms with Crippen molar-refractivity contribution in [3.63, 3.8) is 0 Å². The van der Waals surface area contributed by atoms with Crippen LogP contribution in [0.3, 0.4) is 0 Å². The molecular formula is C15H21ClN4O3. The van der Waals surface area contributed by atoms with Gasteiger partial charge in [0, 0.05) is 18.2 Å². The van der Waals surface area contributed by atoms with Gasteiger partial charge in [0.2, 0.25) is 5.91 Å². The first-order chi connectivity index (χ1) is 10.5. The molecule has 23 heavy (non-hydrogen) atoms. The van der Waals surface area contributed by atoms with E-state index in [9.17, 15) is 14.4 Å². The van der Waals surface area contributed by atoms with Gasteiger partial charge in [-0.05, 0) is 31.7 Å². The van der Waals surface area contributed by atoms with Crippen molar-refractivity contribution in [2.24, 2.45) is 0 Å². The largest absolute Gasteiger partial charge is 0.350 e. The Labute approximate surface area is 141 Å². The summed E-state index contributed by atoms with van der Waals surface area (Å²) < 4.78 is 0. The fourth-order valence-corrected chi connectivity index (χ4v) is 2.01. The van der Waals surface area contributed by atoms with Gasteiger partial charge < -0.3 is 16.0 Å². The molecule has 4 amide bonds. The predicted octanol–water partition coefficient (Wildman–Crippen LogP) is 0.498. The van der Waals surface area contributed by atoms with E-state index in [1.165, 1.54) is 0 Å². The maximum absolute atomic E-state index is 12.0. The van der Waals surface area contributed by atoms with Crippen molar-refractivity contribution in [3.05, 3.63) is 35.4 Å². The summed E-state index contributed by atoms with van der Waals surface area (Å²) in [5, 5.41) is 8.34. The number of imide groups is 1. The average molecular weight is 341 g/mol. The van der Waals surface area contributed by atoms with Crippen LogP contribution >= 0.6 is 12.4 Å². The summed E-state index contributed by atoms with van der Waals surface area (Å²) in [4.78, 5) is 36.1. The highest BCUT2D eigenvalue weighted by molar-refractivity contribution is 6.01. The molecule has 1 atom stereocenters. The number of nitrogens with zero attached hydrogens (tertiary/aromatic N) is 1. The normalized spacial score (nSPS) is 15.0. The van der Waals surface area contributed by atoms with Gasteiger partial charge in [-0.3, -0.25) is 14.5 Å². The second-order valence-electron chi connectivity index (χ2n) is 5.24. The van der Waals surface area contributed by atoms with Crippen LogP contribution in [0.2, 0.25) is 0 Å². The first-order valence-corrected chi connectivity index (χ1v) is 7.14. The molecule has 0 aromatic heterocycles. The lowest BCUT2D eigenvalue weighted by atomic mass is 10.1. The van der Waals surface area contributed by atoms with E-state index in [1.807, 2.05) is 14.0 Å². The molecule has 126 valence electrons. The maximum Gasteiger partial charge on any atom is 0.324 e. The summed E-state index contributed by atoms with van der Waals surface area (Å²) in [6.45, 7) is 2.77. The summed E-state index contributed by atoms with van der Waals surface area (Å²) in [5.74, 6) is -0.392. The van der Waals surface area contributed by atoms with Crippen LogP contribution in [0.25, 0.3) is 0 Å². The summed E-state index contributed by atoms with van der Waals surface area (Å²) in [7, 11) is 1.83. The van der Waals surface area contributed by atoms with Crippen molar-refractivity contribution in [1.29, 1.82) is 0 Å². The van der Waals surface area contributed by atoms with Crippen molar-refractivity contribution in [2.45, 2.75) is 19.5 Å². The topological polar surface area (TPSA) is 90.5 Å². The second kappa shape index (κ2) is 8.50. The number of benzene rings is 1. The summed E-state index contributed by atoms with van der Waals surface area (Å²) in [5.41, 5.74) is 1.34. The highest BCUT2D eigenvalue weighted by Crippen LogP contribution is 2.10. The number of urea groups is 1. The van der Waals surface area contributed by atoms with Gasteiger partial charge in [0.05, 0.1) is 13.1 Å². The van der Waals surface area contributed by atoms with E-state index < -0.39 is 0 Å². The molecule has 0 bridgehead atoms. The van der Waals surface area contributed by atoms with Gasteiger partial charge in [0.15, 0.2) is 0 Å². The smallest absolute Gasteiger partial charge is 0.324 e. The Morgan fingerprint density at radius 2 is 1.96 bits per heavy atom. The molecule has 0 aliphatic carbocycles. The first kappa shape index (κ1) is 18.9. The maximum atomic E-state index is 12.0. The van der Waals surface area contributed by atoms with Crippen LogP contribution < -0.4 is 16.0 Å². The number of hydrogen-bond acceptors (Lipinski definition) is 4. The number of hydrogen-bond donors (Lipinski definition) is 3. The molecule has 1 aromatic carbocycles. The molecule has 8 heteroatoms. The van der Waals surface area contributed by atoms with Gasteiger partial charge in [0.1, 0.15) is 0 Å². The molecule has 7 nitrogen and oxygen atoms in total. The number of nitrogens with one attached hydrogen (secondary N) is 3. The second-order valence-corrected chi connectivity index (χ2v) is 5.24. The zero-order valence-corrected chi connectivity index (χ0v) is 13.9. The van der Waals surface area contributed by atoms with Crippen LogP contribution in [-0.2, 0) is 11.3 Å². The lowest BCUT2D eigenvalue weighted by molar-refractivity contribution is -0.125. The highest BCUT2D eigenvalue weighted by atomic mass is 35.5. The van der Waals surface area contributed by atoms with Crippen molar-refractivity contribution in [2.75, 3.05) is 20.1 Å². The van der Waals surface area contributed by atoms with Crippen molar-refractivity contribution < 1.29 is 14.4 Å². The van der Waals surface area contributed by atoms with Gasteiger partial charge >= 0.3 is 6.03 Å². The van der Waals surface area contributed by atoms with Gasteiger partial charge in [-0.25, -0.2) is 4.79 Å². The van der Waals surface area contributed by atoms with Crippen LogP contribution in [0.4, 0.5) is 4.79 Å². The Balaban J connectivity index is 0.00000264. The molecule has 2 rings (SSSR count). The van der Waals surface area contributed by atoms with E-state index in [0.29, 0.717) is 12.1 Å². The number of carbonyl (C=O) groups is 3. The summed E-state index contributed by atoms with van der Waals surface area (Å²) >= 11 is 0. The number of carbonyl (C=O) groups excluding carboxylic acids is 3. The average Bonchev–Trinajstić information content (AvgIpc) is 2.84. The minimum Gasteiger partial charge on any atom is -0.350 e. The van der Waals surface area contributed by atoms with Crippen molar-refractivity contribution in [3.8, 4) is 0 Å². The van der Waals surface area contributed by atoms with Crippen molar-refractivity contribution >= 4 is 30.3 Å². The van der Waals surface area contributed by atoms with E-state index in [0.717, 1.165) is 10.5 Å². The number of likely N-dealkylation sites (N-methyl/N-ethyl adjacent to an activating group) is 1. The molecule has 1 fully saturated rings. The third kappa shape index (κ3) is 4.94. The third-order valence-corrected chi connectivity index (χ3v) is 3.56. The first-order valence-electron chi connectivity index (χ1n) is 7.14. The zero-order valence-electron chi connectivity index (χ0n) is 13.1. The summed E-state index contributed by atoms with van der Waals surface area (Å²) in [6, 6.07) is 6.68. The summed E-state index contributed by atoms with van der Waals surface area (Å²) in [6.07, 6.45) is 0. The molecule has 0 saturated carbocycles. The molecule has 0 spiro atoms. The van der Waals surface area contributed by atoms with E-state index in [4.69, 9.17) is 0 Å². The Hall–Kier alpha value is -2.12. The van der Waals surface area contributed by atoms with Gasteiger partial charge in [0.25, 0.3) is 5.91 Å². The number of amides is 4. The number of halogens is 1. The van der Waals surface area contributed by atoms with Crippen LogP contribution in [-0.4, -0.2) is 48.9 Å². The van der Waals surface area contributed by atoms with Gasteiger partial charge in [-0.15, -0.1) is 12.4 Å². The molecular weight excluding hydrogens is 320 g/mol. The standard InChI is InChI=1S/C15H20N4O3.ClH/c1-10(16-2)7-17-14(21)12-5-3-11(4-6-12)9-19-13(20)8-18-15(19)22;/h3-6,10,16H,7-9H2,1-2H3,(H,17,21)(H,18,22);1H.